The molecule has 1 aromatic carbocycles. The monoisotopic (exact) mass is 383 g/mol. The first-order valence-corrected chi connectivity index (χ1v) is 9.90. The van der Waals surface area contributed by atoms with Crippen molar-refractivity contribution in [3.05, 3.63) is 34.2 Å². The Bertz CT molecular complexity index is 964. The van der Waals surface area contributed by atoms with Crippen molar-refractivity contribution in [1.29, 1.82) is 5.26 Å². The molecule has 4 rings (SSSR count). The van der Waals surface area contributed by atoms with Gasteiger partial charge in [0.2, 0.25) is 0 Å². The molecule has 0 aliphatic carbocycles. The fraction of sp³-hybridized carbons (Fsp3) is 0.550. The van der Waals surface area contributed by atoms with Gasteiger partial charge >= 0.3 is 11.8 Å². The fourth-order valence-corrected chi connectivity index (χ4v) is 4.48. The number of aromatic nitrogens is 2. The number of carbonyl (C=O) groups excluding carboxylic acids is 1. The van der Waals surface area contributed by atoms with Crippen LogP contribution in [0.1, 0.15) is 37.8 Å². The third kappa shape index (κ3) is 3.38. The minimum atomic E-state index is -0.224. The minimum absolute atomic E-state index is 0.113. The maximum absolute atomic E-state index is 12.5. The van der Waals surface area contributed by atoms with E-state index in [2.05, 4.69) is 16.0 Å². The number of hydrogen-bond donors (Lipinski definition) is 1. The van der Waals surface area contributed by atoms with Crippen molar-refractivity contribution < 1.29 is 9.53 Å². The Kier molecular flexibility index (Phi) is 5.09. The van der Waals surface area contributed by atoms with Crippen LogP contribution in [0.5, 0.6) is 0 Å². The number of nitriles is 1. The first-order chi connectivity index (χ1) is 13.6. The lowest BCUT2D eigenvalue weighted by Crippen LogP contribution is -2.44. The molecule has 148 valence electrons. The number of carbonyl (C=O) groups is 1. The molecular formula is C20H25N5O3. The van der Waals surface area contributed by atoms with Gasteiger partial charge < -0.3 is 14.6 Å². The Morgan fingerprint density at radius 3 is 2.71 bits per heavy atom. The van der Waals surface area contributed by atoms with Crippen molar-refractivity contribution in [3.63, 3.8) is 0 Å². The Morgan fingerprint density at radius 1 is 1.25 bits per heavy atom. The normalized spacial score (nSPS) is 21.1. The van der Waals surface area contributed by atoms with Crippen molar-refractivity contribution in [1.82, 2.24) is 19.4 Å². The molecule has 1 unspecified atom stereocenters. The second kappa shape index (κ2) is 7.68. The highest BCUT2D eigenvalue weighted by molar-refractivity contribution is 5.77. The van der Waals surface area contributed by atoms with E-state index < -0.39 is 0 Å². The molecule has 2 fully saturated rings. The van der Waals surface area contributed by atoms with Gasteiger partial charge in [0.05, 0.1) is 29.3 Å². The van der Waals surface area contributed by atoms with Crippen molar-refractivity contribution in [3.8, 4) is 6.07 Å². The summed E-state index contributed by atoms with van der Waals surface area (Å²) in [5.74, 6) is 0. The average Bonchev–Trinajstić information content (AvgIpc) is 3.32. The SMILES string of the molecule is CCOC(=O)N1CCC(N2CCC(n3c(=O)[nH]c4ccc(C#N)cc43)CC2)C1. The van der Waals surface area contributed by atoms with E-state index >= 15 is 0 Å². The van der Waals surface area contributed by atoms with Crippen molar-refractivity contribution in [2.45, 2.75) is 38.3 Å². The van der Waals surface area contributed by atoms with Gasteiger partial charge in [-0.2, -0.15) is 5.26 Å². The van der Waals surface area contributed by atoms with Crippen LogP contribution in [0.3, 0.4) is 0 Å². The number of hydrogen-bond acceptors (Lipinski definition) is 5. The molecule has 0 spiro atoms. The molecule has 0 bridgehead atoms. The Hall–Kier alpha value is -2.79. The van der Waals surface area contributed by atoms with E-state index in [1.165, 1.54) is 0 Å². The lowest BCUT2D eigenvalue weighted by atomic mass is 10.0. The lowest BCUT2D eigenvalue weighted by Gasteiger charge is -2.36. The number of amides is 1. The highest BCUT2D eigenvalue weighted by Crippen LogP contribution is 2.28. The van der Waals surface area contributed by atoms with Gasteiger partial charge in [-0.05, 0) is 44.4 Å². The smallest absolute Gasteiger partial charge is 0.409 e. The molecule has 2 aliphatic heterocycles. The summed E-state index contributed by atoms with van der Waals surface area (Å²) in [6.45, 7) is 5.46. The summed E-state index contributed by atoms with van der Waals surface area (Å²) in [6.07, 6.45) is 2.49. The van der Waals surface area contributed by atoms with E-state index in [4.69, 9.17) is 10.00 Å². The van der Waals surface area contributed by atoms with Crippen LogP contribution in [0.2, 0.25) is 0 Å². The van der Waals surface area contributed by atoms with Crippen molar-refractivity contribution in [2.75, 3.05) is 32.8 Å². The standard InChI is InChI=1S/C20H25N5O3/c1-2-28-20(27)24-10-7-16(13-24)23-8-5-15(6-9-23)25-18-11-14(12-21)3-4-17(18)22-19(25)26/h3-4,11,15-16H,2,5-10,13H2,1H3,(H,22,26). The van der Waals surface area contributed by atoms with E-state index in [-0.39, 0.29) is 17.8 Å². The van der Waals surface area contributed by atoms with Gasteiger partial charge in [0.1, 0.15) is 0 Å². The van der Waals surface area contributed by atoms with Crippen LogP contribution in [0.4, 0.5) is 4.79 Å². The van der Waals surface area contributed by atoms with Gasteiger partial charge in [0.15, 0.2) is 0 Å². The minimum Gasteiger partial charge on any atom is -0.450 e. The summed E-state index contributed by atoms with van der Waals surface area (Å²) >= 11 is 0. The van der Waals surface area contributed by atoms with Crippen LogP contribution in [-0.4, -0.2) is 64.3 Å². The number of nitrogens with zero attached hydrogens (tertiary/aromatic N) is 4. The van der Waals surface area contributed by atoms with E-state index in [0.29, 0.717) is 24.8 Å². The molecule has 2 saturated heterocycles. The van der Waals surface area contributed by atoms with Gasteiger partial charge in [-0.25, -0.2) is 9.59 Å². The average molecular weight is 383 g/mol. The number of aromatic amines is 1. The number of ether oxygens (including phenoxy) is 1. The third-order valence-electron chi connectivity index (χ3n) is 5.92. The van der Waals surface area contributed by atoms with E-state index in [9.17, 15) is 9.59 Å². The number of imidazole rings is 1. The van der Waals surface area contributed by atoms with Crippen molar-refractivity contribution in [2.24, 2.45) is 0 Å². The first kappa shape index (κ1) is 18.6. The Morgan fingerprint density at radius 2 is 2.00 bits per heavy atom. The van der Waals surface area contributed by atoms with E-state index in [0.717, 1.165) is 49.9 Å². The summed E-state index contributed by atoms with van der Waals surface area (Å²) < 4.78 is 6.92. The number of fused-ring (bicyclic) bond motifs is 1. The highest BCUT2D eigenvalue weighted by Gasteiger charge is 2.33. The second-order valence-electron chi connectivity index (χ2n) is 7.50. The molecular weight excluding hydrogens is 358 g/mol. The zero-order valence-electron chi connectivity index (χ0n) is 16.1. The fourth-order valence-electron chi connectivity index (χ4n) is 4.48. The number of H-pyrrole nitrogens is 1. The molecule has 3 heterocycles. The quantitative estimate of drug-likeness (QED) is 0.876. The van der Waals surface area contributed by atoms with Gasteiger partial charge in [0, 0.05) is 38.3 Å². The zero-order chi connectivity index (χ0) is 19.7. The van der Waals surface area contributed by atoms with Crippen LogP contribution in [-0.2, 0) is 4.74 Å². The van der Waals surface area contributed by atoms with Gasteiger partial charge in [-0.1, -0.05) is 0 Å². The summed E-state index contributed by atoms with van der Waals surface area (Å²) in [7, 11) is 0. The predicted octanol–water partition coefficient (Wildman–Crippen LogP) is 2.07. The lowest BCUT2D eigenvalue weighted by molar-refractivity contribution is 0.105. The Balaban J connectivity index is 1.43. The number of likely N-dealkylation sites (tertiary alicyclic amines) is 2. The van der Waals surface area contributed by atoms with Gasteiger partial charge in [-0.15, -0.1) is 0 Å². The maximum Gasteiger partial charge on any atom is 0.409 e. The molecule has 2 aromatic rings. The number of nitrogens with one attached hydrogen (secondary N) is 1. The largest absolute Gasteiger partial charge is 0.450 e. The molecule has 1 atom stereocenters. The van der Waals surface area contributed by atoms with Gasteiger partial charge in [0.25, 0.3) is 0 Å². The summed E-state index contributed by atoms with van der Waals surface area (Å²) in [6, 6.07) is 7.92. The predicted molar refractivity (Wildman–Crippen MR) is 104 cm³/mol. The van der Waals surface area contributed by atoms with Gasteiger partial charge in [-0.3, -0.25) is 9.47 Å². The highest BCUT2D eigenvalue weighted by atomic mass is 16.6. The number of benzene rings is 1. The van der Waals surface area contributed by atoms with E-state index in [1.54, 1.807) is 23.1 Å². The van der Waals surface area contributed by atoms with Crippen LogP contribution in [0.15, 0.2) is 23.0 Å². The molecule has 2 aliphatic rings. The molecule has 28 heavy (non-hydrogen) atoms. The molecule has 8 nitrogen and oxygen atoms in total. The number of piperidine rings is 1. The molecule has 1 N–H and O–H groups in total. The third-order valence-corrected chi connectivity index (χ3v) is 5.92. The first-order valence-electron chi connectivity index (χ1n) is 9.90. The molecule has 1 amide bonds. The van der Waals surface area contributed by atoms with Crippen molar-refractivity contribution >= 4 is 17.1 Å². The molecule has 0 saturated carbocycles. The second-order valence-corrected chi connectivity index (χ2v) is 7.50. The van der Waals surface area contributed by atoms with Crippen LogP contribution in [0, 0.1) is 11.3 Å². The summed E-state index contributed by atoms with van der Waals surface area (Å²) in [5, 5.41) is 9.16. The molecule has 1 aromatic heterocycles. The van der Waals surface area contributed by atoms with Crippen LogP contribution in [0.25, 0.3) is 11.0 Å². The Labute approximate surface area is 163 Å². The van der Waals surface area contributed by atoms with Crippen LogP contribution >= 0.6 is 0 Å². The van der Waals surface area contributed by atoms with Crippen LogP contribution < -0.4 is 5.69 Å². The number of rotatable bonds is 3. The summed E-state index contributed by atoms with van der Waals surface area (Å²) in [5.41, 5.74) is 2.02. The zero-order valence-corrected chi connectivity index (χ0v) is 16.1. The van der Waals surface area contributed by atoms with E-state index in [1.807, 2.05) is 11.5 Å². The topological polar surface area (TPSA) is 94.4 Å². The molecule has 8 heteroatoms. The summed E-state index contributed by atoms with van der Waals surface area (Å²) in [4.78, 5) is 31.5. The molecule has 0 radical (unpaired) electrons. The maximum atomic E-state index is 12.5.